The maximum absolute atomic E-state index is 16.9. The molecule has 0 amide bonds. The van der Waals surface area contributed by atoms with Crippen molar-refractivity contribution in [3.05, 3.63) is 143 Å². The van der Waals surface area contributed by atoms with E-state index in [1.165, 1.54) is 24.3 Å². The number of carbonyl (C=O) groups is 1. The van der Waals surface area contributed by atoms with Crippen molar-refractivity contribution in [3.8, 4) is 41.8 Å². The van der Waals surface area contributed by atoms with Crippen LogP contribution in [0.3, 0.4) is 0 Å². The van der Waals surface area contributed by atoms with Crippen LogP contribution in [0.1, 0.15) is 81.1 Å². The third-order valence-electron chi connectivity index (χ3n) is 10.1. The molecule has 6 aromatic rings. The van der Waals surface area contributed by atoms with Crippen LogP contribution in [0.4, 0.5) is 26.3 Å². The quantitative estimate of drug-likeness (QED) is 0.0940. The minimum Gasteiger partial charge on any atom is -0.295 e. The minimum absolute atomic E-state index is 0.0155. The van der Waals surface area contributed by atoms with Gasteiger partial charge in [-0.1, -0.05) is 145 Å². The first-order chi connectivity index (χ1) is 26.8. The summed E-state index contributed by atoms with van der Waals surface area (Å²) in [5.41, 5.74) is 1.97. The number of halogens is 6. The minimum atomic E-state index is -5.19. The van der Waals surface area contributed by atoms with E-state index in [1.54, 1.807) is 42.5 Å². The summed E-state index contributed by atoms with van der Waals surface area (Å²) in [4.78, 5) is 13.7. The van der Waals surface area contributed by atoms with Crippen LogP contribution >= 0.6 is 22.7 Å². The Kier molecular flexibility index (Phi) is 11.7. The molecule has 2 aromatic heterocycles. The number of Topliss-reactive ketones (excluding diaryl/α,β-unsaturated/α-hetero) is 1. The largest absolute Gasteiger partial charge is 0.342 e. The predicted octanol–water partition coefficient (Wildman–Crippen LogP) is 15.4. The zero-order chi connectivity index (χ0) is 41.5. The molecule has 4 aromatic carbocycles. The van der Waals surface area contributed by atoms with E-state index in [-0.39, 0.29) is 32.6 Å². The molecule has 0 spiro atoms. The van der Waals surface area contributed by atoms with E-state index in [9.17, 15) is 9.18 Å². The number of thiophene rings is 2. The molecule has 6 rings (SSSR count). The second-order valence-electron chi connectivity index (χ2n) is 16.3. The molecule has 0 radical (unpaired) electrons. The summed E-state index contributed by atoms with van der Waals surface area (Å²) in [6, 6.07) is 33.1. The molecule has 9 heteroatoms. The number of hydrogen-bond donors (Lipinski definition) is 0. The Morgan fingerprint density at radius 3 is 1.40 bits per heavy atom. The molecule has 0 saturated heterocycles. The van der Waals surface area contributed by atoms with Gasteiger partial charge >= 0.3 is 11.8 Å². The van der Waals surface area contributed by atoms with Crippen molar-refractivity contribution in [2.24, 2.45) is 0 Å². The number of allylic oxidation sites excluding steroid dienone is 2. The Bertz CT molecular complexity index is 2390. The van der Waals surface area contributed by atoms with Gasteiger partial charge in [-0.3, -0.25) is 4.79 Å². The molecule has 2 heterocycles. The number of alkyl halides is 6. The number of hydrogen-bond acceptors (Lipinski definition) is 3. The number of ketones is 1. The van der Waals surface area contributed by atoms with E-state index in [2.05, 4.69) is 20.8 Å². The van der Waals surface area contributed by atoms with Crippen LogP contribution in [-0.4, -0.2) is 31.0 Å². The van der Waals surface area contributed by atoms with Crippen LogP contribution in [0.2, 0.25) is 0 Å². The average Bonchev–Trinajstić information content (AvgIpc) is 3.82. The first-order valence-electron chi connectivity index (χ1n) is 18.5. The topological polar surface area (TPSA) is 17.1 Å². The third kappa shape index (κ3) is 8.46. The predicted molar refractivity (Wildman–Crippen MR) is 226 cm³/mol. The summed E-state index contributed by atoms with van der Waals surface area (Å²) in [6.07, 6.45) is 0. The SMILES string of the molecule is CC(=O)c1ccc(-c2cc(/C(=C(/CF)c3cc(-c4ccccc4)sc3-c3ccc(C(C)(C)C)cc3)C(F)(F)C(F)(F)CF)c(-c3ccc(C(C)(C)C)cc3)s2)cc1. The molecule has 0 bridgehead atoms. The van der Waals surface area contributed by atoms with Crippen LogP contribution in [-0.2, 0) is 10.8 Å². The fourth-order valence-electron chi connectivity index (χ4n) is 6.68. The van der Waals surface area contributed by atoms with Gasteiger partial charge in [0.25, 0.3) is 0 Å². The molecule has 57 heavy (non-hydrogen) atoms. The van der Waals surface area contributed by atoms with Crippen LogP contribution in [0, 0.1) is 0 Å². The fourth-order valence-corrected chi connectivity index (χ4v) is 9.05. The van der Waals surface area contributed by atoms with Gasteiger partial charge in [-0.15, -0.1) is 22.7 Å². The Morgan fingerprint density at radius 2 is 0.982 bits per heavy atom. The first kappa shape index (κ1) is 41.9. The van der Waals surface area contributed by atoms with Crippen molar-refractivity contribution in [2.45, 2.75) is 71.1 Å². The lowest BCUT2D eigenvalue weighted by Crippen LogP contribution is -2.43. The van der Waals surface area contributed by atoms with E-state index >= 15 is 22.0 Å². The fraction of sp³-hybridized carbons (Fsp3) is 0.271. The molecule has 296 valence electrons. The van der Waals surface area contributed by atoms with Crippen molar-refractivity contribution in [1.82, 2.24) is 0 Å². The summed E-state index contributed by atoms with van der Waals surface area (Å²) in [5, 5.41) is 0. The normalized spacial score (nSPS) is 13.1. The maximum Gasteiger partial charge on any atom is 0.342 e. The van der Waals surface area contributed by atoms with Gasteiger partial charge in [-0.25, -0.2) is 8.78 Å². The van der Waals surface area contributed by atoms with Gasteiger partial charge in [0.1, 0.15) is 6.67 Å². The molecule has 0 unspecified atom stereocenters. The summed E-state index contributed by atoms with van der Waals surface area (Å²) >= 11 is 2.31. The molecular weight excluding hydrogens is 771 g/mol. The van der Waals surface area contributed by atoms with E-state index in [1.807, 2.05) is 87.5 Å². The van der Waals surface area contributed by atoms with Crippen LogP contribution in [0.25, 0.3) is 52.9 Å². The lowest BCUT2D eigenvalue weighted by Gasteiger charge is -2.29. The van der Waals surface area contributed by atoms with E-state index in [0.29, 0.717) is 36.9 Å². The van der Waals surface area contributed by atoms with Gasteiger partial charge in [-0.2, -0.15) is 17.6 Å². The highest BCUT2D eigenvalue weighted by atomic mass is 32.1. The lowest BCUT2D eigenvalue weighted by molar-refractivity contribution is -0.180. The Labute approximate surface area is 338 Å². The summed E-state index contributed by atoms with van der Waals surface area (Å²) in [6.45, 7) is 9.43. The average molecular weight is 815 g/mol. The van der Waals surface area contributed by atoms with Gasteiger partial charge in [0, 0.05) is 47.3 Å². The van der Waals surface area contributed by atoms with Gasteiger partial charge < -0.3 is 0 Å². The first-order valence-corrected chi connectivity index (χ1v) is 20.2. The Hall–Kier alpha value is -4.73. The zero-order valence-electron chi connectivity index (χ0n) is 32.9. The number of carbonyl (C=O) groups excluding carboxylic acids is 1. The second-order valence-corrected chi connectivity index (χ2v) is 18.4. The van der Waals surface area contributed by atoms with E-state index in [4.69, 9.17) is 0 Å². The van der Waals surface area contributed by atoms with Crippen molar-refractivity contribution in [1.29, 1.82) is 0 Å². The van der Waals surface area contributed by atoms with Crippen LogP contribution < -0.4 is 0 Å². The standard InChI is InChI=1S/C48H44F6OS2/c1-29(55)30-13-15-32(16-14-30)41-26-38(44(57-41)34-19-23-36(24-20-34)46(5,6)7)42(48(53,54)47(51,52)28-50)39(27-49)37-25-40(31-11-9-8-10-12-31)56-43(37)33-17-21-35(22-18-33)45(2,3)4/h8-26H,27-28H2,1-7H3/b42-39+. The highest BCUT2D eigenvalue weighted by Gasteiger charge is 2.60. The van der Waals surface area contributed by atoms with Crippen LogP contribution in [0.15, 0.2) is 115 Å². The van der Waals surface area contributed by atoms with Gasteiger partial charge in [0.05, 0.1) is 0 Å². The smallest absolute Gasteiger partial charge is 0.295 e. The van der Waals surface area contributed by atoms with Crippen molar-refractivity contribution in [2.75, 3.05) is 13.3 Å². The summed E-state index contributed by atoms with van der Waals surface area (Å²) in [5.74, 6) is -10.5. The molecule has 0 saturated carbocycles. The van der Waals surface area contributed by atoms with E-state index in [0.717, 1.165) is 28.0 Å². The summed E-state index contributed by atoms with van der Waals surface area (Å²) < 4.78 is 95.3. The lowest BCUT2D eigenvalue weighted by atomic mass is 9.84. The molecular formula is C48H44F6OS2. The Balaban J connectivity index is 1.72. The summed E-state index contributed by atoms with van der Waals surface area (Å²) in [7, 11) is 0. The van der Waals surface area contributed by atoms with Crippen molar-refractivity contribution in [3.63, 3.8) is 0 Å². The third-order valence-corrected chi connectivity index (χ3v) is 12.6. The number of benzene rings is 4. The molecule has 1 nitrogen and oxygen atoms in total. The Morgan fingerprint density at radius 1 is 0.561 bits per heavy atom. The van der Waals surface area contributed by atoms with Gasteiger partial charge in [-0.05, 0) is 63.3 Å². The zero-order valence-corrected chi connectivity index (χ0v) is 34.5. The van der Waals surface area contributed by atoms with Gasteiger partial charge in [0.2, 0.25) is 0 Å². The van der Waals surface area contributed by atoms with Crippen molar-refractivity contribution >= 4 is 39.6 Å². The highest BCUT2D eigenvalue weighted by Crippen LogP contribution is 2.55. The van der Waals surface area contributed by atoms with Crippen molar-refractivity contribution < 1.29 is 31.1 Å². The number of rotatable bonds is 11. The maximum atomic E-state index is 16.9. The monoisotopic (exact) mass is 814 g/mol. The molecule has 0 fully saturated rings. The molecule has 0 atom stereocenters. The molecule has 0 aliphatic heterocycles. The molecule has 0 aliphatic carbocycles. The highest BCUT2D eigenvalue weighted by molar-refractivity contribution is 7.19. The molecule has 0 N–H and O–H groups in total. The second kappa shape index (κ2) is 15.9. The van der Waals surface area contributed by atoms with Gasteiger partial charge in [0.15, 0.2) is 12.5 Å². The van der Waals surface area contributed by atoms with E-state index < -0.39 is 36.3 Å². The van der Waals surface area contributed by atoms with Crippen LogP contribution in [0.5, 0.6) is 0 Å². The molecule has 0 aliphatic rings.